The SMILES string of the molecule is CCCC(N)CC(=O)N(CCC#N)C(C)C. The molecule has 92 valence electrons. The summed E-state index contributed by atoms with van der Waals surface area (Å²) in [6, 6.07) is 2.14. The van der Waals surface area contributed by atoms with E-state index in [-0.39, 0.29) is 18.0 Å². The molecular weight excluding hydrogens is 202 g/mol. The summed E-state index contributed by atoms with van der Waals surface area (Å²) < 4.78 is 0. The molecule has 16 heavy (non-hydrogen) atoms. The third kappa shape index (κ3) is 5.72. The number of carbonyl (C=O) groups excluding carboxylic acids is 1. The van der Waals surface area contributed by atoms with E-state index >= 15 is 0 Å². The lowest BCUT2D eigenvalue weighted by Crippen LogP contribution is -2.40. The summed E-state index contributed by atoms with van der Waals surface area (Å²) in [5, 5.41) is 8.53. The van der Waals surface area contributed by atoms with Crippen LogP contribution in [0.25, 0.3) is 0 Å². The lowest BCUT2D eigenvalue weighted by Gasteiger charge is -2.27. The number of hydrogen-bond donors (Lipinski definition) is 1. The van der Waals surface area contributed by atoms with Crippen molar-refractivity contribution in [3.05, 3.63) is 0 Å². The number of carbonyl (C=O) groups is 1. The summed E-state index contributed by atoms with van der Waals surface area (Å²) in [7, 11) is 0. The van der Waals surface area contributed by atoms with Crippen LogP contribution in [0.1, 0.15) is 46.5 Å². The Morgan fingerprint density at radius 3 is 2.56 bits per heavy atom. The van der Waals surface area contributed by atoms with Gasteiger partial charge in [-0.25, -0.2) is 0 Å². The second-order valence-corrected chi connectivity index (χ2v) is 4.34. The molecule has 1 amide bonds. The van der Waals surface area contributed by atoms with E-state index in [2.05, 4.69) is 13.0 Å². The van der Waals surface area contributed by atoms with Crippen LogP contribution in [0.3, 0.4) is 0 Å². The van der Waals surface area contributed by atoms with E-state index in [0.717, 1.165) is 12.8 Å². The molecule has 4 heteroatoms. The molecule has 0 spiro atoms. The molecule has 4 nitrogen and oxygen atoms in total. The molecule has 1 unspecified atom stereocenters. The minimum absolute atomic E-state index is 0.0548. The Hall–Kier alpha value is -1.08. The fraction of sp³-hybridized carbons (Fsp3) is 0.833. The third-order valence-electron chi connectivity index (χ3n) is 2.50. The largest absolute Gasteiger partial charge is 0.339 e. The topological polar surface area (TPSA) is 70.1 Å². The first-order valence-electron chi connectivity index (χ1n) is 5.94. The van der Waals surface area contributed by atoms with Crippen LogP contribution in [0, 0.1) is 11.3 Å². The lowest BCUT2D eigenvalue weighted by molar-refractivity contribution is -0.133. The summed E-state index contributed by atoms with van der Waals surface area (Å²) in [5.74, 6) is 0.0613. The van der Waals surface area contributed by atoms with Crippen molar-refractivity contribution in [3.63, 3.8) is 0 Å². The summed E-state index contributed by atoms with van der Waals surface area (Å²) in [6.07, 6.45) is 2.63. The van der Waals surface area contributed by atoms with Crippen molar-refractivity contribution in [2.24, 2.45) is 5.73 Å². The number of hydrogen-bond acceptors (Lipinski definition) is 3. The quantitative estimate of drug-likeness (QED) is 0.716. The van der Waals surface area contributed by atoms with Gasteiger partial charge in [-0.15, -0.1) is 0 Å². The second kappa shape index (κ2) is 8.12. The number of amides is 1. The molecule has 0 saturated heterocycles. The Bertz CT molecular complexity index is 245. The summed E-state index contributed by atoms with van der Waals surface area (Å²) >= 11 is 0. The van der Waals surface area contributed by atoms with Gasteiger partial charge in [-0.2, -0.15) is 5.26 Å². The molecule has 0 saturated carbocycles. The first-order valence-corrected chi connectivity index (χ1v) is 5.94. The summed E-state index contributed by atoms with van der Waals surface area (Å²) in [4.78, 5) is 13.6. The average Bonchev–Trinajstić information content (AvgIpc) is 2.17. The van der Waals surface area contributed by atoms with Gasteiger partial charge < -0.3 is 10.6 Å². The maximum Gasteiger partial charge on any atom is 0.224 e. The van der Waals surface area contributed by atoms with Crippen molar-refractivity contribution in [1.82, 2.24) is 4.90 Å². The zero-order valence-corrected chi connectivity index (χ0v) is 10.6. The first-order chi connectivity index (χ1) is 7.52. The molecule has 0 bridgehead atoms. The zero-order valence-electron chi connectivity index (χ0n) is 10.6. The summed E-state index contributed by atoms with van der Waals surface area (Å²) in [5.41, 5.74) is 5.84. The maximum absolute atomic E-state index is 11.9. The van der Waals surface area contributed by atoms with Gasteiger partial charge in [0.2, 0.25) is 5.91 Å². The monoisotopic (exact) mass is 225 g/mol. The molecule has 0 aromatic rings. The van der Waals surface area contributed by atoms with E-state index in [4.69, 9.17) is 11.0 Å². The molecule has 0 aromatic carbocycles. The van der Waals surface area contributed by atoms with Gasteiger partial charge >= 0.3 is 0 Å². The number of rotatable bonds is 7. The van der Waals surface area contributed by atoms with Crippen molar-refractivity contribution in [1.29, 1.82) is 5.26 Å². The van der Waals surface area contributed by atoms with Gasteiger partial charge in [0.15, 0.2) is 0 Å². The Morgan fingerprint density at radius 2 is 2.12 bits per heavy atom. The average molecular weight is 225 g/mol. The van der Waals surface area contributed by atoms with Crippen molar-refractivity contribution >= 4 is 5.91 Å². The van der Waals surface area contributed by atoms with Crippen molar-refractivity contribution in [2.75, 3.05) is 6.54 Å². The normalized spacial score (nSPS) is 12.2. The molecule has 1 atom stereocenters. The Balaban J connectivity index is 4.22. The smallest absolute Gasteiger partial charge is 0.224 e. The van der Waals surface area contributed by atoms with Crippen molar-refractivity contribution in [2.45, 2.75) is 58.5 Å². The number of nitrogens with zero attached hydrogens (tertiary/aromatic N) is 2. The Labute approximate surface area is 98.4 Å². The minimum atomic E-state index is -0.0548. The van der Waals surface area contributed by atoms with E-state index in [1.807, 2.05) is 13.8 Å². The predicted octanol–water partition coefficient (Wildman–Crippen LogP) is 1.65. The van der Waals surface area contributed by atoms with Gasteiger partial charge in [-0.05, 0) is 20.3 Å². The minimum Gasteiger partial charge on any atom is -0.339 e. The molecular formula is C12H23N3O. The first kappa shape index (κ1) is 14.9. The van der Waals surface area contributed by atoms with Gasteiger partial charge in [0.05, 0.1) is 12.5 Å². The van der Waals surface area contributed by atoms with E-state index in [9.17, 15) is 4.79 Å². The highest BCUT2D eigenvalue weighted by molar-refractivity contribution is 5.77. The van der Waals surface area contributed by atoms with Crippen LogP contribution < -0.4 is 5.73 Å². The van der Waals surface area contributed by atoms with Crippen LogP contribution in [0.2, 0.25) is 0 Å². The molecule has 0 aliphatic heterocycles. The highest BCUT2D eigenvalue weighted by atomic mass is 16.2. The fourth-order valence-corrected chi connectivity index (χ4v) is 1.66. The molecule has 0 aromatic heterocycles. The second-order valence-electron chi connectivity index (χ2n) is 4.34. The third-order valence-corrected chi connectivity index (χ3v) is 2.50. The number of nitriles is 1. The predicted molar refractivity (Wildman–Crippen MR) is 64.6 cm³/mol. The van der Waals surface area contributed by atoms with Gasteiger partial charge in [-0.3, -0.25) is 4.79 Å². The molecule has 0 fully saturated rings. The molecule has 0 radical (unpaired) electrons. The molecule has 0 aliphatic carbocycles. The van der Waals surface area contributed by atoms with Crippen LogP contribution in [0.15, 0.2) is 0 Å². The summed E-state index contributed by atoms with van der Waals surface area (Å²) in [6.45, 7) is 6.48. The van der Waals surface area contributed by atoms with Gasteiger partial charge in [0.1, 0.15) is 0 Å². The van der Waals surface area contributed by atoms with Gasteiger partial charge in [0, 0.05) is 25.0 Å². The van der Waals surface area contributed by atoms with E-state index in [1.54, 1.807) is 4.90 Å². The molecule has 0 rings (SSSR count). The Morgan fingerprint density at radius 1 is 1.50 bits per heavy atom. The van der Waals surface area contributed by atoms with Crippen LogP contribution >= 0.6 is 0 Å². The Kier molecular flexibility index (Phi) is 7.57. The van der Waals surface area contributed by atoms with Gasteiger partial charge in [0.25, 0.3) is 0 Å². The lowest BCUT2D eigenvalue weighted by atomic mass is 10.1. The molecule has 2 N–H and O–H groups in total. The van der Waals surface area contributed by atoms with E-state index in [0.29, 0.717) is 19.4 Å². The van der Waals surface area contributed by atoms with Crippen LogP contribution in [-0.4, -0.2) is 29.4 Å². The molecule has 0 aliphatic rings. The van der Waals surface area contributed by atoms with Crippen molar-refractivity contribution < 1.29 is 4.79 Å². The highest BCUT2D eigenvalue weighted by Gasteiger charge is 2.18. The van der Waals surface area contributed by atoms with Gasteiger partial charge in [-0.1, -0.05) is 13.3 Å². The zero-order chi connectivity index (χ0) is 12.6. The van der Waals surface area contributed by atoms with Crippen LogP contribution in [0.4, 0.5) is 0 Å². The standard InChI is InChI=1S/C12H23N3O/c1-4-6-11(14)9-12(16)15(10(2)3)8-5-7-13/h10-11H,4-6,8-9,14H2,1-3H3. The van der Waals surface area contributed by atoms with E-state index < -0.39 is 0 Å². The van der Waals surface area contributed by atoms with Crippen LogP contribution in [0.5, 0.6) is 0 Å². The van der Waals surface area contributed by atoms with E-state index in [1.165, 1.54) is 0 Å². The number of nitrogens with two attached hydrogens (primary N) is 1. The highest BCUT2D eigenvalue weighted by Crippen LogP contribution is 2.07. The fourth-order valence-electron chi connectivity index (χ4n) is 1.66. The maximum atomic E-state index is 11.9. The van der Waals surface area contributed by atoms with Crippen molar-refractivity contribution in [3.8, 4) is 6.07 Å². The molecule has 0 heterocycles. The van der Waals surface area contributed by atoms with Crippen LogP contribution in [-0.2, 0) is 4.79 Å².